The van der Waals surface area contributed by atoms with Gasteiger partial charge in [-0.3, -0.25) is 4.79 Å². The van der Waals surface area contributed by atoms with E-state index in [0.717, 1.165) is 18.7 Å². The number of aromatic nitrogens is 2. The Hall–Kier alpha value is -1.58. The van der Waals surface area contributed by atoms with Crippen molar-refractivity contribution in [2.45, 2.75) is 52.1 Å². The molecule has 0 bridgehead atoms. The van der Waals surface area contributed by atoms with Crippen LogP contribution in [0.1, 0.15) is 38.4 Å². The molecule has 0 saturated heterocycles. The average Bonchev–Trinajstić information content (AvgIpc) is 2.76. The summed E-state index contributed by atoms with van der Waals surface area (Å²) < 4.78 is 1.86. The van der Waals surface area contributed by atoms with Crippen LogP contribution in [0.4, 0.5) is 0 Å². The van der Waals surface area contributed by atoms with Crippen LogP contribution in [0.3, 0.4) is 0 Å². The van der Waals surface area contributed by atoms with Gasteiger partial charge in [-0.25, -0.2) is 4.98 Å². The second-order valence-corrected chi connectivity index (χ2v) is 4.92. The van der Waals surface area contributed by atoms with Gasteiger partial charge in [-0.05, 0) is 39.5 Å². The molecule has 0 unspecified atom stereocenters. The van der Waals surface area contributed by atoms with Gasteiger partial charge in [0.05, 0.1) is 0 Å². The van der Waals surface area contributed by atoms with Crippen molar-refractivity contribution in [2.24, 2.45) is 0 Å². The summed E-state index contributed by atoms with van der Waals surface area (Å²) in [6, 6.07) is 0.154. The van der Waals surface area contributed by atoms with Crippen molar-refractivity contribution >= 4 is 5.91 Å². The van der Waals surface area contributed by atoms with E-state index in [1.54, 1.807) is 6.20 Å². The smallest absolute Gasteiger partial charge is 0.240 e. The summed E-state index contributed by atoms with van der Waals surface area (Å²) in [5, 5.41) is 3.06. The number of nitrogens with one attached hydrogen (secondary N) is 1. The van der Waals surface area contributed by atoms with Gasteiger partial charge in [0.2, 0.25) is 5.91 Å². The standard InChI is InChI=1S/C14H21N3O/c1-11(13-6-4-3-5-7-13)16-14(18)10-17-9-8-15-12(17)2/h6,8-9,11H,3-5,7,10H2,1-2H3,(H,16,18)/t11-/m0/s1. The van der Waals surface area contributed by atoms with Crippen LogP contribution in [0.15, 0.2) is 24.0 Å². The summed E-state index contributed by atoms with van der Waals surface area (Å²) in [6.07, 6.45) is 10.6. The highest BCUT2D eigenvalue weighted by molar-refractivity contribution is 5.76. The van der Waals surface area contributed by atoms with Crippen molar-refractivity contribution in [1.29, 1.82) is 0 Å². The number of imidazole rings is 1. The molecule has 0 aromatic carbocycles. The maximum absolute atomic E-state index is 11.9. The molecule has 1 amide bonds. The molecule has 18 heavy (non-hydrogen) atoms. The highest BCUT2D eigenvalue weighted by Gasteiger charge is 2.14. The lowest BCUT2D eigenvalue weighted by Gasteiger charge is -2.21. The first-order valence-corrected chi connectivity index (χ1v) is 6.63. The largest absolute Gasteiger partial charge is 0.348 e. The van der Waals surface area contributed by atoms with Gasteiger partial charge in [-0.1, -0.05) is 11.6 Å². The maximum atomic E-state index is 11.9. The maximum Gasteiger partial charge on any atom is 0.240 e. The van der Waals surface area contributed by atoms with Crippen LogP contribution in [0.25, 0.3) is 0 Å². The molecule has 1 heterocycles. The Bertz CT molecular complexity index is 448. The minimum Gasteiger partial charge on any atom is -0.348 e. The van der Waals surface area contributed by atoms with E-state index in [9.17, 15) is 4.79 Å². The zero-order chi connectivity index (χ0) is 13.0. The van der Waals surface area contributed by atoms with E-state index in [2.05, 4.69) is 23.3 Å². The van der Waals surface area contributed by atoms with Crippen LogP contribution in [-0.2, 0) is 11.3 Å². The normalized spacial score (nSPS) is 17.1. The molecule has 0 aliphatic heterocycles. The molecule has 0 fully saturated rings. The molecule has 1 aromatic rings. The van der Waals surface area contributed by atoms with Crippen LogP contribution in [0.5, 0.6) is 0 Å². The number of rotatable bonds is 4. The third kappa shape index (κ3) is 3.22. The summed E-state index contributed by atoms with van der Waals surface area (Å²) in [6.45, 7) is 4.32. The van der Waals surface area contributed by atoms with Gasteiger partial charge in [0, 0.05) is 18.4 Å². The summed E-state index contributed by atoms with van der Waals surface area (Å²) in [5.41, 5.74) is 1.37. The molecular weight excluding hydrogens is 226 g/mol. The van der Waals surface area contributed by atoms with Gasteiger partial charge in [0.15, 0.2) is 0 Å². The van der Waals surface area contributed by atoms with E-state index in [1.807, 2.05) is 17.7 Å². The Morgan fingerprint density at radius 2 is 2.39 bits per heavy atom. The van der Waals surface area contributed by atoms with Gasteiger partial charge in [0.25, 0.3) is 0 Å². The van der Waals surface area contributed by atoms with Crippen molar-refractivity contribution in [3.8, 4) is 0 Å². The summed E-state index contributed by atoms with van der Waals surface area (Å²) in [5.74, 6) is 0.921. The molecule has 1 aliphatic rings. The molecule has 1 aliphatic carbocycles. The quantitative estimate of drug-likeness (QED) is 0.829. The topological polar surface area (TPSA) is 46.9 Å². The number of allylic oxidation sites excluding steroid dienone is 1. The first-order chi connectivity index (χ1) is 8.66. The second-order valence-electron chi connectivity index (χ2n) is 4.92. The first kappa shape index (κ1) is 12.9. The lowest BCUT2D eigenvalue weighted by atomic mass is 9.95. The number of carbonyl (C=O) groups is 1. The Morgan fingerprint density at radius 3 is 3.00 bits per heavy atom. The zero-order valence-corrected chi connectivity index (χ0v) is 11.1. The molecular formula is C14H21N3O. The fourth-order valence-electron chi connectivity index (χ4n) is 2.36. The fraction of sp³-hybridized carbons (Fsp3) is 0.571. The molecule has 0 radical (unpaired) electrons. The predicted octanol–water partition coefficient (Wildman–Crippen LogP) is 2.20. The molecule has 0 spiro atoms. The van der Waals surface area contributed by atoms with Crippen LogP contribution < -0.4 is 5.32 Å². The van der Waals surface area contributed by atoms with Crippen LogP contribution in [0.2, 0.25) is 0 Å². The number of hydrogen-bond acceptors (Lipinski definition) is 2. The monoisotopic (exact) mass is 247 g/mol. The first-order valence-electron chi connectivity index (χ1n) is 6.63. The minimum atomic E-state index is 0.0510. The van der Waals surface area contributed by atoms with Gasteiger partial charge in [0.1, 0.15) is 12.4 Å². The number of hydrogen-bond donors (Lipinski definition) is 1. The van der Waals surface area contributed by atoms with E-state index >= 15 is 0 Å². The highest BCUT2D eigenvalue weighted by Crippen LogP contribution is 2.19. The van der Waals surface area contributed by atoms with Crippen molar-refractivity contribution in [1.82, 2.24) is 14.9 Å². The number of amides is 1. The van der Waals surface area contributed by atoms with E-state index in [4.69, 9.17) is 0 Å². The molecule has 4 nitrogen and oxygen atoms in total. The number of aryl methyl sites for hydroxylation is 1. The fourth-order valence-corrected chi connectivity index (χ4v) is 2.36. The summed E-state index contributed by atoms with van der Waals surface area (Å²) in [4.78, 5) is 16.0. The SMILES string of the molecule is Cc1nccn1CC(=O)N[C@@H](C)C1=CCCCC1. The van der Waals surface area contributed by atoms with Gasteiger partial charge in [-0.2, -0.15) is 0 Å². The average molecular weight is 247 g/mol. The Labute approximate surface area is 108 Å². The molecule has 98 valence electrons. The van der Waals surface area contributed by atoms with Crippen LogP contribution in [-0.4, -0.2) is 21.5 Å². The van der Waals surface area contributed by atoms with Gasteiger partial charge in [-0.15, -0.1) is 0 Å². The Morgan fingerprint density at radius 1 is 1.56 bits per heavy atom. The van der Waals surface area contributed by atoms with Gasteiger partial charge < -0.3 is 9.88 Å². The molecule has 0 saturated carbocycles. The van der Waals surface area contributed by atoms with Crippen LogP contribution >= 0.6 is 0 Å². The lowest BCUT2D eigenvalue weighted by Crippen LogP contribution is -2.36. The molecule has 1 aromatic heterocycles. The Kier molecular flexibility index (Phi) is 4.18. The third-order valence-corrected chi connectivity index (χ3v) is 3.50. The number of nitrogens with zero attached hydrogens (tertiary/aromatic N) is 2. The second kappa shape index (κ2) is 5.85. The third-order valence-electron chi connectivity index (χ3n) is 3.50. The molecule has 1 N–H and O–H groups in total. The van der Waals surface area contributed by atoms with Gasteiger partial charge >= 0.3 is 0 Å². The van der Waals surface area contributed by atoms with Crippen molar-refractivity contribution < 1.29 is 4.79 Å². The predicted molar refractivity (Wildman–Crippen MR) is 71.1 cm³/mol. The van der Waals surface area contributed by atoms with E-state index in [1.165, 1.54) is 18.4 Å². The highest BCUT2D eigenvalue weighted by atomic mass is 16.2. The van der Waals surface area contributed by atoms with E-state index < -0.39 is 0 Å². The van der Waals surface area contributed by atoms with Crippen molar-refractivity contribution in [3.63, 3.8) is 0 Å². The van der Waals surface area contributed by atoms with Crippen LogP contribution in [0, 0.1) is 6.92 Å². The van der Waals surface area contributed by atoms with Crippen molar-refractivity contribution in [2.75, 3.05) is 0 Å². The van der Waals surface area contributed by atoms with E-state index in [-0.39, 0.29) is 11.9 Å². The molecule has 4 heteroatoms. The van der Waals surface area contributed by atoms with E-state index in [0.29, 0.717) is 6.54 Å². The lowest BCUT2D eigenvalue weighted by molar-refractivity contribution is -0.122. The van der Waals surface area contributed by atoms with Crippen molar-refractivity contribution in [3.05, 3.63) is 29.9 Å². The summed E-state index contributed by atoms with van der Waals surface area (Å²) >= 11 is 0. The zero-order valence-electron chi connectivity index (χ0n) is 11.1. The Balaban J connectivity index is 1.87. The number of carbonyl (C=O) groups excluding carboxylic acids is 1. The minimum absolute atomic E-state index is 0.0510. The molecule has 1 atom stereocenters. The molecule has 2 rings (SSSR count). The summed E-state index contributed by atoms with van der Waals surface area (Å²) in [7, 11) is 0.